The van der Waals surface area contributed by atoms with Gasteiger partial charge in [0.05, 0.1) is 0 Å². The quantitative estimate of drug-likeness (QED) is 0.539. The van der Waals surface area contributed by atoms with Crippen LogP contribution in [0.25, 0.3) is 0 Å². The van der Waals surface area contributed by atoms with Gasteiger partial charge in [-0.15, -0.1) is 0 Å². The molecule has 4 nitrogen and oxygen atoms in total. The summed E-state index contributed by atoms with van der Waals surface area (Å²) in [5.41, 5.74) is 0. The van der Waals surface area contributed by atoms with Gasteiger partial charge in [-0.05, 0) is 32.4 Å². The molecule has 0 aliphatic carbocycles. The molecule has 0 saturated carbocycles. The Balaban J connectivity index is 4.14. The number of aliphatic imine (C=N–C) groups is 1. The van der Waals surface area contributed by atoms with E-state index in [0.29, 0.717) is 17.9 Å². The maximum Gasteiger partial charge on any atom is 0.191 e. The Labute approximate surface area is 113 Å². The minimum Gasteiger partial charge on any atom is -0.356 e. The standard InChI is InChI=1S/C14H32N4/c1-11(2)8-13(18(6)7)10-17-14(15-5)16-9-12(3)4/h11-13H,8-10H2,1-7H3,(H2,15,16,17). The van der Waals surface area contributed by atoms with Gasteiger partial charge in [0.1, 0.15) is 0 Å². The van der Waals surface area contributed by atoms with Gasteiger partial charge in [-0.3, -0.25) is 4.99 Å². The first-order valence-electron chi connectivity index (χ1n) is 6.97. The molecule has 0 heterocycles. The van der Waals surface area contributed by atoms with Crippen LogP contribution in [0, 0.1) is 11.8 Å². The second kappa shape index (κ2) is 9.20. The van der Waals surface area contributed by atoms with E-state index in [4.69, 9.17) is 0 Å². The summed E-state index contributed by atoms with van der Waals surface area (Å²) in [5, 5.41) is 6.75. The topological polar surface area (TPSA) is 39.7 Å². The van der Waals surface area contributed by atoms with Crippen LogP contribution in [-0.4, -0.2) is 51.1 Å². The zero-order valence-electron chi connectivity index (χ0n) is 13.2. The molecule has 1 atom stereocenters. The van der Waals surface area contributed by atoms with E-state index in [2.05, 4.69) is 62.3 Å². The third-order valence-corrected chi connectivity index (χ3v) is 2.88. The molecule has 0 spiro atoms. The monoisotopic (exact) mass is 256 g/mol. The molecule has 0 aromatic carbocycles. The summed E-state index contributed by atoms with van der Waals surface area (Å²) in [6.45, 7) is 10.8. The first-order chi connectivity index (χ1) is 8.36. The van der Waals surface area contributed by atoms with Crippen molar-refractivity contribution in [2.24, 2.45) is 16.8 Å². The fraction of sp³-hybridized carbons (Fsp3) is 0.929. The summed E-state index contributed by atoms with van der Waals surface area (Å²) >= 11 is 0. The lowest BCUT2D eigenvalue weighted by molar-refractivity contribution is 0.254. The molecule has 0 saturated heterocycles. The zero-order valence-corrected chi connectivity index (χ0v) is 13.2. The van der Waals surface area contributed by atoms with Crippen molar-refractivity contribution in [3.05, 3.63) is 0 Å². The van der Waals surface area contributed by atoms with Crippen molar-refractivity contribution in [1.29, 1.82) is 0 Å². The van der Waals surface area contributed by atoms with Crippen molar-refractivity contribution < 1.29 is 0 Å². The summed E-state index contributed by atoms with van der Waals surface area (Å²) in [7, 11) is 6.10. The van der Waals surface area contributed by atoms with Gasteiger partial charge in [-0.1, -0.05) is 27.7 Å². The normalized spacial score (nSPS) is 14.4. The van der Waals surface area contributed by atoms with Crippen molar-refractivity contribution in [1.82, 2.24) is 15.5 Å². The molecule has 4 heteroatoms. The second-order valence-electron chi connectivity index (χ2n) is 5.97. The van der Waals surface area contributed by atoms with E-state index in [0.717, 1.165) is 19.0 Å². The molecule has 108 valence electrons. The SMILES string of the molecule is CN=C(NCC(C)C)NCC(CC(C)C)N(C)C. The molecule has 0 bridgehead atoms. The molecule has 0 aliphatic rings. The van der Waals surface area contributed by atoms with Crippen molar-refractivity contribution in [3.63, 3.8) is 0 Å². The van der Waals surface area contributed by atoms with Crippen molar-refractivity contribution in [2.45, 2.75) is 40.2 Å². The summed E-state index contributed by atoms with van der Waals surface area (Å²) in [6, 6.07) is 0.544. The van der Waals surface area contributed by atoms with Crippen LogP contribution in [0.4, 0.5) is 0 Å². The maximum atomic E-state index is 4.25. The highest BCUT2D eigenvalue weighted by Gasteiger charge is 2.13. The molecular weight excluding hydrogens is 224 g/mol. The Kier molecular flexibility index (Phi) is 8.81. The van der Waals surface area contributed by atoms with Gasteiger partial charge < -0.3 is 15.5 Å². The number of rotatable bonds is 7. The van der Waals surface area contributed by atoms with Gasteiger partial charge in [-0.2, -0.15) is 0 Å². The zero-order chi connectivity index (χ0) is 14.1. The van der Waals surface area contributed by atoms with E-state index in [9.17, 15) is 0 Å². The molecule has 0 amide bonds. The lowest BCUT2D eigenvalue weighted by Gasteiger charge is -2.27. The molecule has 0 fully saturated rings. The Morgan fingerprint density at radius 2 is 1.56 bits per heavy atom. The summed E-state index contributed by atoms with van der Waals surface area (Å²) < 4.78 is 0. The van der Waals surface area contributed by atoms with Crippen LogP contribution < -0.4 is 10.6 Å². The van der Waals surface area contributed by atoms with E-state index in [1.807, 2.05) is 7.05 Å². The van der Waals surface area contributed by atoms with E-state index in [-0.39, 0.29) is 0 Å². The predicted octanol–water partition coefficient (Wildman–Crippen LogP) is 1.78. The van der Waals surface area contributed by atoms with Crippen LogP contribution in [0.5, 0.6) is 0 Å². The lowest BCUT2D eigenvalue weighted by Crippen LogP contribution is -2.46. The Hall–Kier alpha value is -0.770. The van der Waals surface area contributed by atoms with E-state index in [1.165, 1.54) is 6.42 Å². The number of nitrogens with zero attached hydrogens (tertiary/aromatic N) is 2. The van der Waals surface area contributed by atoms with Gasteiger partial charge in [0, 0.05) is 26.2 Å². The smallest absolute Gasteiger partial charge is 0.191 e. The van der Waals surface area contributed by atoms with E-state index >= 15 is 0 Å². The average molecular weight is 256 g/mol. The van der Waals surface area contributed by atoms with Crippen LogP contribution in [0.1, 0.15) is 34.1 Å². The third-order valence-electron chi connectivity index (χ3n) is 2.88. The molecule has 0 rings (SSSR count). The number of likely N-dealkylation sites (N-methyl/N-ethyl adjacent to an activating group) is 1. The Bertz CT molecular complexity index is 234. The summed E-state index contributed by atoms with van der Waals surface area (Å²) in [4.78, 5) is 6.53. The molecule has 0 aromatic heterocycles. The number of guanidine groups is 1. The molecule has 1 unspecified atom stereocenters. The van der Waals surface area contributed by atoms with Crippen molar-refractivity contribution >= 4 is 5.96 Å². The lowest BCUT2D eigenvalue weighted by atomic mass is 10.0. The average Bonchev–Trinajstić information content (AvgIpc) is 2.26. The van der Waals surface area contributed by atoms with Gasteiger partial charge in [0.2, 0.25) is 0 Å². The molecule has 0 radical (unpaired) electrons. The van der Waals surface area contributed by atoms with E-state index < -0.39 is 0 Å². The Morgan fingerprint density at radius 3 is 1.94 bits per heavy atom. The molecular formula is C14H32N4. The van der Waals surface area contributed by atoms with Crippen LogP contribution in [0.2, 0.25) is 0 Å². The van der Waals surface area contributed by atoms with E-state index in [1.54, 1.807) is 0 Å². The van der Waals surface area contributed by atoms with Crippen molar-refractivity contribution in [3.8, 4) is 0 Å². The summed E-state index contributed by atoms with van der Waals surface area (Å²) in [6.07, 6.45) is 1.20. The minimum absolute atomic E-state index is 0.544. The number of hydrogen-bond donors (Lipinski definition) is 2. The highest BCUT2D eigenvalue weighted by Crippen LogP contribution is 2.07. The van der Waals surface area contributed by atoms with Crippen LogP contribution >= 0.6 is 0 Å². The minimum atomic E-state index is 0.544. The molecule has 0 aromatic rings. The fourth-order valence-electron chi connectivity index (χ4n) is 1.76. The van der Waals surface area contributed by atoms with Crippen LogP contribution in [0.15, 0.2) is 4.99 Å². The second-order valence-corrected chi connectivity index (χ2v) is 5.97. The number of hydrogen-bond acceptors (Lipinski definition) is 2. The van der Waals surface area contributed by atoms with Gasteiger partial charge in [0.25, 0.3) is 0 Å². The summed E-state index contributed by atoms with van der Waals surface area (Å²) in [5.74, 6) is 2.24. The van der Waals surface area contributed by atoms with Crippen LogP contribution in [0.3, 0.4) is 0 Å². The highest BCUT2D eigenvalue weighted by molar-refractivity contribution is 5.79. The molecule has 0 aliphatic heterocycles. The van der Waals surface area contributed by atoms with Gasteiger partial charge >= 0.3 is 0 Å². The predicted molar refractivity (Wildman–Crippen MR) is 81.1 cm³/mol. The maximum absolute atomic E-state index is 4.25. The first kappa shape index (κ1) is 17.2. The van der Waals surface area contributed by atoms with Crippen molar-refractivity contribution in [2.75, 3.05) is 34.2 Å². The third kappa shape index (κ3) is 8.34. The van der Waals surface area contributed by atoms with Gasteiger partial charge in [0.15, 0.2) is 5.96 Å². The fourth-order valence-corrected chi connectivity index (χ4v) is 1.76. The first-order valence-corrected chi connectivity index (χ1v) is 6.97. The molecule has 18 heavy (non-hydrogen) atoms. The number of nitrogens with one attached hydrogen (secondary N) is 2. The van der Waals surface area contributed by atoms with Gasteiger partial charge in [-0.25, -0.2) is 0 Å². The Morgan fingerprint density at radius 1 is 1.00 bits per heavy atom. The van der Waals surface area contributed by atoms with Crippen LogP contribution in [-0.2, 0) is 0 Å². The highest BCUT2D eigenvalue weighted by atomic mass is 15.2. The largest absolute Gasteiger partial charge is 0.356 e. The molecule has 2 N–H and O–H groups in total.